The number of hydrogen-bond acceptors (Lipinski definition) is 5. The Morgan fingerprint density at radius 1 is 1.11 bits per heavy atom. The monoisotopic (exact) mass is 408 g/mol. The lowest BCUT2D eigenvalue weighted by Crippen LogP contribution is -2.52. The van der Waals surface area contributed by atoms with Crippen molar-refractivity contribution >= 4 is 33.4 Å². The number of amides is 3. The molecule has 0 bridgehead atoms. The predicted octanol–water partition coefficient (Wildman–Crippen LogP) is -0.740. The van der Waals surface area contributed by atoms with Gasteiger partial charge in [-0.2, -0.15) is 4.31 Å². The summed E-state index contributed by atoms with van der Waals surface area (Å²) in [6.07, 6.45) is 1.26. The second-order valence-corrected chi connectivity index (χ2v) is 8.98. The van der Waals surface area contributed by atoms with E-state index in [1.807, 2.05) is 30.3 Å². The maximum atomic E-state index is 12.4. The topological polar surface area (TPSA) is 107 Å². The normalized spacial score (nSPS) is 21.0. The standard InChI is InChI=1S/C18H24N4O5S/c1-28(26,27)21-9-7-20(8-10-21)17(24)12-19-18(25)14-11-16(23)22(13-14)15-5-3-2-4-6-15/h2-6,14H,7-13H2,1H3,(H,19,25)/t14-/m0/s1. The number of anilines is 1. The summed E-state index contributed by atoms with van der Waals surface area (Å²) in [5, 5.41) is 2.61. The van der Waals surface area contributed by atoms with Gasteiger partial charge in [0.05, 0.1) is 18.7 Å². The van der Waals surface area contributed by atoms with Gasteiger partial charge < -0.3 is 15.1 Å². The Bertz CT molecular complexity index is 850. The molecule has 2 fully saturated rings. The molecule has 2 saturated heterocycles. The molecule has 28 heavy (non-hydrogen) atoms. The third-order valence-electron chi connectivity index (χ3n) is 5.04. The Morgan fingerprint density at radius 2 is 1.75 bits per heavy atom. The molecule has 1 aromatic rings. The van der Waals surface area contributed by atoms with Gasteiger partial charge in [0.25, 0.3) is 0 Å². The van der Waals surface area contributed by atoms with Crippen molar-refractivity contribution < 1.29 is 22.8 Å². The van der Waals surface area contributed by atoms with Crippen LogP contribution in [-0.4, -0.2) is 80.9 Å². The van der Waals surface area contributed by atoms with Gasteiger partial charge in [0.15, 0.2) is 0 Å². The van der Waals surface area contributed by atoms with Gasteiger partial charge in [-0.05, 0) is 12.1 Å². The van der Waals surface area contributed by atoms with Crippen molar-refractivity contribution in [2.24, 2.45) is 5.92 Å². The van der Waals surface area contributed by atoms with Crippen LogP contribution < -0.4 is 10.2 Å². The first-order valence-electron chi connectivity index (χ1n) is 9.12. The maximum Gasteiger partial charge on any atom is 0.242 e. The van der Waals surface area contributed by atoms with E-state index in [1.165, 1.54) is 9.21 Å². The zero-order valence-electron chi connectivity index (χ0n) is 15.7. The second kappa shape index (κ2) is 8.27. The highest BCUT2D eigenvalue weighted by Crippen LogP contribution is 2.24. The molecule has 0 saturated carbocycles. The van der Waals surface area contributed by atoms with Crippen molar-refractivity contribution in [1.29, 1.82) is 0 Å². The minimum Gasteiger partial charge on any atom is -0.347 e. The molecule has 2 aliphatic heterocycles. The van der Waals surface area contributed by atoms with E-state index in [4.69, 9.17) is 0 Å². The zero-order chi connectivity index (χ0) is 20.3. The molecule has 9 nitrogen and oxygen atoms in total. The highest BCUT2D eigenvalue weighted by atomic mass is 32.2. The van der Waals surface area contributed by atoms with E-state index >= 15 is 0 Å². The molecule has 0 radical (unpaired) electrons. The molecular weight excluding hydrogens is 384 g/mol. The van der Waals surface area contributed by atoms with Crippen LogP contribution in [0.25, 0.3) is 0 Å². The Morgan fingerprint density at radius 3 is 2.36 bits per heavy atom. The molecule has 152 valence electrons. The van der Waals surface area contributed by atoms with Crippen LogP contribution >= 0.6 is 0 Å². The van der Waals surface area contributed by atoms with E-state index < -0.39 is 15.9 Å². The molecule has 0 spiro atoms. The number of nitrogens with zero attached hydrogens (tertiary/aromatic N) is 3. The lowest BCUT2D eigenvalue weighted by Gasteiger charge is -2.33. The summed E-state index contributed by atoms with van der Waals surface area (Å²) < 4.78 is 24.4. The molecule has 0 aliphatic carbocycles. The maximum absolute atomic E-state index is 12.4. The van der Waals surface area contributed by atoms with Gasteiger partial charge in [0.1, 0.15) is 0 Å². The third kappa shape index (κ3) is 4.68. The number of carbonyl (C=O) groups excluding carboxylic acids is 3. The van der Waals surface area contributed by atoms with Crippen LogP contribution in [-0.2, 0) is 24.4 Å². The molecule has 2 aliphatic rings. The molecule has 1 aromatic carbocycles. The van der Waals surface area contributed by atoms with Gasteiger partial charge in [-0.1, -0.05) is 18.2 Å². The van der Waals surface area contributed by atoms with Crippen LogP contribution in [0.4, 0.5) is 5.69 Å². The molecule has 1 atom stereocenters. The molecule has 0 aromatic heterocycles. The summed E-state index contributed by atoms with van der Waals surface area (Å²) >= 11 is 0. The summed E-state index contributed by atoms with van der Waals surface area (Å²) in [7, 11) is -3.26. The van der Waals surface area contributed by atoms with Crippen molar-refractivity contribution in [2.75, 3.05) is 50.4 Å². The van der Waals surface area contributed by atoms with E-state index in [2.05, 4.69) is 5.32 Å². The van der Waals surface area contributed by atoms with Crippen molar-refractivity contribution in [1.82, 2.24) is 14.5 Å². The Hall–Kier alpha value is -2.46. The van der Waals surface area contributed by atoms with E-state index in [9.17, 15) is 22.8 Å². The van der Waals surface area contributed by atoms with Crippen LogP contribution in [0.1, 0.15) is 6.42 Å². The van der Waals surface area contributed by atoms with Crippen molar-refractivity contribution in [3.05, 3.63) is 30.3 Å². The SMILES string of the molecule is CS(=O)(=O)N1CCN(C(=O)CNC(=O)[C@H]2CC(=O)N(c3ccccc3)C2)CC1. The largest absolute Gasteiger partial charge is 0.347 e. The van der Waals surface area contributed by atoms with Crippen LogP contribution in [0.3, 0.4) is 0 Å². The first-order chi connectivity index (χ1) is 13.3. The van der Waals surface area contributed by atoms with Gasteiger partial charge in [-0.25, -0.2) is 8.42 Å². The van der Waals surface area contributed by atoms with Crippen molar-refractivity contribution in [3.63, 3.8) is 0 Å². The molecule has 2 heterocycles. The van der Waals surface area contributed by atoms with E-state index in [1.54, 1.807) is 4.90 Å². The molecular formula is C18H24N4O5S. The summed E-state index contributed by atoms with van der Waals surface area (Å²) in [6, 6.07) is 9.15. The molecule has 3 amide bonds. The number of para-hydroxylation sites is 1. The second-order valence-electron chi connectivity index (χ2n) is 7.00. The molecule has 3 rings (SSSR count). The fourth-order valence-electron chi connectivity index (χ4n) is 3.43. The predicted molar refractivity (Wildman–Crippen MR) is 103 cm³/mol. The summed E-state index contributed by atoms with van der Waals surface area (Å²) in [5.41, 5.74) is 0.752. The third-order valence-corrected chi connectivity index (χ3v) is 6.34. The lowest BCUT2D eigenvalue weighted by molar-refractivity contribution is -0.134. The summed E-state index contributed by atoms with van der Waals surface area (Å²) in [5.74, 6) is -1.20. The van der Waals surface area contributed by atoms with Gasteiger partial charge in [0.2, 0.25) is 27.7 Å². The van der Waals surface area contributed by atoms with Crippen molar-refractivity contribution in [2.45, 2.75) is 6.42 Å². The number of rotatable bonds is 5. The first-order valence-corrected chi connectivity index (χ1v) is 11.0. The number of sulfonamides is 1. The van der Waals surface area contributed by atoms with Gasteiger partial charge in [0, 0.05) is 44.8 Å². The fraction of sp³-hybridized carbons (Fsp3) is 0.500. The highest BCUT2D eigenvalue weighted by molar-refractivity contribution is 7.88. The number of nitrogens with one attached hydrogen (secondary N) is 1. The van der Waals surface area contributed by atoms with Crippen LogP contribution in [0.15, 0.2) is 30.3 Å². The minimum atomic E-state index is -3.26. The average Bonchev–Trinajstić information content (AvgIpc) is 3.08. The first kappa shape index (κ1) is 20.3. The van der Waals surface area contributed by atoms with E-state index in [-0.39, 0.29) is 50.3 Å². The van der Waals surface area contributed by atoms with Crippen molar-refractivity contribution in [3.8, 4) is 0 Å². The molecule has 0 unspecified atom stereocenters. The van der Waals surface area contributed by atoms with E-state index in [0.717, 1.165) is 11.9 Å². The summed E-state index contributed by atoms with van der Waals surface area (Å²) in [6.45, 7) is 1.23. The highest BCUT2D eigenvalue weighted by Gasteiger charge is 2.35. The van der Waals surface area contributed by atoms with Gasteiger partial charge in [-0.3, -0.25) is 14.4 Å². The van der Waals surface area contributed by atoms with Gasteiger partial charge >= 0.3 is 0 Å². The quantitative estimate of drug-likeness (QED) is 0.691. The number of carbonyl (C=O) groups is 3. The fourth-order valence-corrected chi connectivity index (χ4v) is 4.26. The van der Waals surface area contributed by atoms with Gasteiger partial charge in [-0.15, -0.1) is 0 Å². The Kier molecular flexibility index (Phi) is 5.99. The molecule has 1 N–H and O–H groups in total. The lowest BCUT2D eigenvalue weighted by atomic mass is 10.1. The number of benzene rings is 1. The number of piperazine rings is 1. The zero-order valence-corrected chi connectivity index (χ0v) is 16.5. The average molecular weight is 408 g/mol. The van der Waals surface area contributed by atoms with Crippen LogP contribution in [0.5, 0.6) is 0 Å². The number of hydrogen-bond donors (Lipinski definition) is 1. The Labute approximate surface area is 164 Å². The Balaban J connectivity index is 1.47. The van der Waals surface area contributed by atoms with E-state index in [0.29, 0.717) is 13.1 Å². The molecule has 10 heteroatoms. The minimum absolute atomic E-state index is 0.113. The smallest absolute Gasteiger partial charge is 0.242 e. The summed E-state index contributed by atoms with van der Waals surface area (Å²) in [4.78, 5) is 40.0. The van der Waals surface area contributed by atoms with Crippen LogP contribution in [0.2, 0.25) is 0 Å². The van der Waals surface area contributed by atoms with Crippen LogP contribution in [0, 0.1) is 5.92 Å².